The Morgan fingerprint density at radius 1 is 1.12 bits per heavy atom. The topological polar surface area (TPSA) is 3.24 Å². The van der Waals surface area contributed by atoms with Crippen molar-refractivity contribution in [3.63, 3.8) is 0 Å². The molecule has 0 bridgehead atoms. The molecule has 0 N–H and O–H groups in total. The van der Waals surface area contributed by atoms with Gasteiger partial charge in [0.25, 0.3) is 0 Å². The molecule has 50 valence electrons. The predicted molar refractivity (Wildman–Crippen MR) is 45.5 cm³/mol. The zero-order valence-corrected chi connectivity index (χ0v) is 9.18. The predicted octanol–water partition coefficient (Wildman–Crippen LogP) is 1.10. The first kappa shape index (κ1) is 8.97. The molecule has 0 radical (unpaired) electrons. The standard InChI is InChI=1S/C3H11Cl2NSi2/c1-6(7(2)4)8(3)5/h7-8H,1-3H3. The Morgan fingerprint density at radius 2 is 1.38 bits per heavy atom. The Balaban J connectivity index is 3.46. The van der Waals surface area contributed by atoms with Crippen LogP contribution < -0.4 is 0 Å². The van der Waals surface area contributed by atoms with Gasteiger partial charge in [0.15, 0.2) is 0 Å². The Kier molecular flexibility index (Phi) is 4.37. The monoisotopic (exact) mass is 187 g/mol. The molecular formula is C3H11Cl2NSi2. The smallest absolute Gasteiger partial charge is 0.204 e. The van der Waals surface area contributed by atoms with Crippen molar-refractivity contribution in [3.05, 3.63) is 0 Å². The number of rotatable bonds is 2. The molecule has 1 nitrogen and oxygen atoms in total. The second-order valence-electron chi connectivity index (χ2n) is 1.81. The maximum Gasteiger partial charge on any atom is 0.204 e. The molecule has 0 saturated carbocycles. The normalized spacial score (nSPS) is 18.8. The summed E-state index contributed by atoms with van der Waals surface area (Å²) in [6.07, 6.45) is 0. The third kappa shape index (κ3) is 3.09. The molecule has 8 heavy (non-hydrogen) atoms. The number of halogens is 2. The third-order valence-corrected chi connectivity index (χ3v) is 9.03. The van der Waals surface area contributed by atoms with E-state index in [1.54, 1.807) is 0 Å². The maximum atomic E-state index is 5.84. The van der Waals surface area contributed by atoms with Gasteiger partial charge in [-0.3, -0.25) is 0 Å². The number of nitrogens with zero attached hydrogens (tertiary/aromatic N) is 1. The summed E-state index contributed by atoms with van der Waals surface area (Å²) < 4.78 is 2.14. The molecule has 0 spiro atoms. The highest BCUT2D eigenvalue weighted by Crippen LogP contribution is 2.01. The van der Waals surface area contributed by atoms with Gasteiger partial charge in [0.1, 0.15) is 0 Å². The first-order chi connectivity index (χ1) is 3.55. The largest absolute Gasteiger partial charge is 0.329 e. The quantitative estimate of drug-likeness (QED) is 0.463. The molecule has 0 aliphatic rings. The van der Waals surface area contributed by atoms with E-state index in [1.807, 2.05) is 7.05 Å². The van der Waals surface area contributed by atoms with E-state index in [4.69, 9.17) is 22.2 Å². The van der Waals surface area contributed by atoms with Crippen LogP contribution in [0.3, 0.4) is 0 Å². The summed E-state index contributed by atoms with van der Waals surface area (Å²) in [4.78, 5) is 0. The van der Waals surface area contributed by atoms with Gasteiger partial charge in [0, 0.05) is 0 Å². The van der Waals surface area contributed by atoms with E-state index < -0.39 is 16.5 Å². The lowest BCUT2D eigenvalue weighted by molar-refractivity contribution is 0.839. The summed E-state index contributed by atoms with van der Waals surface area (Å²) in [5.74, 6) is 0. The average molecular weight is 188 g/mol. The molecule has 2 atom stereocenters. The van der Waals surface area contributed by atoms with E-state index in [1.165, 1.54) is 0 Å². The number of hydrogen-bond acceptors (Lipinski definition) is 1. The average Bonchev–Trinajstić information content (AvgIpc) is 1.64. The lowest BCUT2D eigenvalue weighted by Gasteiger charge is -2.19. The van der Waals surface area contributed by atoms with E-state index in [0.717, 1.165) is 0 Å². The molecular weight excluding hydrogens is 177 g/mol. The molecule has 2 unspecified atom stereocenters. The highest BCUT2D eigenvalue weighted by molar-refractivity contribution is 7.15. The lowest BCUT2D eigenvalue weighted by Crippen LogP contribution is -2.36. The van der Waals surface area contributed by atoms with Gasteiger partial charge < -0.3 is 4.23 Å². The van der Waals surface area contributed by atoms with Crippen LogP contribution in [0.2, 0.25) is 13.1 Å². The first-order valence-corrected chi connectivity index (χ1v) is 9.39. The molecule has 0 rings (SSSR count). The second-order valence-corrected chi connectivity index (χ2v) is 10.1. The molecule has 0 aromatic heterocycles. The van der Waals surface area contributed by atoms with Crippen LogP contribution in [0.1, 0.15) is 0 Å². The van der Waals surface area contributed by atoms with Crippen molar-refractivity contribution >= 4 is 38.7 Å². The Labute approximate surface area is 63.4 Å². The van der Waals surface area contributed by atoms with Gasteiger partial charge in [-0.15, -0.1) is 0 Å². The molecule has 0 aliphatic carbocycles. The van der Waals surface area contributed by atoms with Gasteiger partial charge in [-0.05, 0) is 20.1 Å². The second kappa shape index (κ2) is 3.90. The van der Waals surface area contributed by atoms with Crippen molar-refractivity contribution in [3.8, 4) is 0 Å². The zero-order chi connectivity index (χ0) is 6.73. The summed E-state index contributed by atoms with van der Waals surface area (Å²) in [6.45, 7) is 4.13. The molecule has 0 fully saturated rings. The molecule has 0 heterocycles. The SMILES string of the molecule is CN([SiH](C)Cl)[SiH](C)Cl. The highest BCUT2D eigenvalue weighted by atomic mass is 35.6. The van der Waals surface area contributed by atoms with Gasteiger partial charge in [0.05, 0.1) is 0 Å². The fraction of sp³-hybridized carbons (Fsp3) is 1.00. The van der Waals surface area contributed by atoms with Gasteiger partial charge in [-0.1, -0.05) is 0 Å². The molecule has 0 aromatic carbocycles. The van der Waals surface area contributed by atoms with Crippen LogP contribution in [0, 0.1) is 0 Å². The van der Waals surface area contributed by atoms with E-state index in [2.05, 4.69) is 17.3 Å². The molecule has 0 saturated heterocycles. The summed E-state index contributed by atoms with van der Waals surface area (Å²) in [6, 6.07) is 0. The van der Waals surface area contributed by atoms with Gasteiger partial charge >= 0.3 is 0 Å². The molecule has 0 aromatic rings. The van der Waals surface area contributed by atoms with Crippen molar-refractivity contribution in [2.75, 3.05) is 7.05 Å². The fourth-order valence-corrected chi connectivity index (χ4v) is 6.11. The third-order valence-electron chi connectivity index (χ3n) is 1.12. The molecule has 0 aliphatic heterocycles. The lowest BCUT2D eigenvalue weighted by atomic mass is 11.6. The Bertz CT molecular complexity index is 60.3. The van der Waals surface area contributed by atoms with E-state index in [-0.39, 0.29) is 0 Å². The van der Waals surface area contributed by atoms with Crippen LogP contribution in [-0.2, 0) is 0 Å². The summed E-state index contributed by atoms with van der Waals surface area (Å²) >= 11 is 11.7. The van der Waals surface area contributed by atoms with Crippen molar-refractivity contribution in [2.24, 2.45) is 0 Å². The van der Waals surface area contributed by atoms with Crippen molar-refractivity contribution in [1.29, 1.82) is 0 Å². The minimum absolute atomic E-state index is 1.09. The Morgan fingerprint density at radius 3 is 1.38 bits per heavy atom. The minimum Gasteiger partial charge on any atom is -0.329 e. The minimum atomic E-state index is -1.09. The first-order valence-electron chi connectivity index (χ1n) is 2.55. The van der Waals surface area contributed by atoms with Crippen LogP contribution in [-0.4, -0.2) is 27.8 Å². The van der Waals surface area contributed by atoms with Crippen LogP contribution in [0.5, 0.6) is 0 Å². The van der Waals surface area contributed by atoms with Crippen molar-refractivity contribution in [2.45, 2.75) is 13.1 Å². The molecule has 5 heteroatoms. The van der Waals surface area contributed by atoms with Crippen molar-refractivity contribution in [1.82, 2.24) is 4.23 Å². The van der Waals surface area contributed by atoms with Gasteiger partial charge in [0.2, 0.25) is 16.5 Å². The number of hydrogen-bond donors (Lipinski definition) is 0. The summed E-state index contributed by atoms with van der Waals surface area (Å²) in [5.41, 5.74) is 0. The van der Waals surface area contributed by atoms with Crippen LogP contribution >= 0.6 is 22.2 Å². The van der Waals surface area contributed by atoms with Crippen LogP contribution in [0.25, 0.3) is 0 Å². The van der Waals surface area contributed by atoms with Crippen LogP contribution in [0.15, 0.2) is 0 Å². The zero-order valence-electron chi connectivity index (χ0n) is 5.36. The van der Waals surface area contributed by atoms with Crippen LogP contribution in [0.4, 0.5) is 0 Å². The molecule has 0 amide bonds. The van der Waals surface area contributed by atoms with Gasteiger partial charge in [-0.25, -0.2) is 0 Å². The Hall–Kier alpha value is 0.974. The van der Waals surface area contributed by atoms with Gasteiger partial charge in [-0.2, -0.15) is 22.2 Å². The van der Waals surface area contributed by atoms with E-state index in [9.17, 15) is 0 Å². The fourth-order valence-electron chi connectivity index (χ4n) is 0.283. The summed E-state index contributed by atoms with van der Waals surface area (Å²) in [5, 5.41) is 0. The summed E-state index contributed by atoms with van der Waals surface area (Å²) in [7, 11) is -0.167. The van der Waals surface area contributed by atoms with E-state index in [0.29, 0.717) is 0 Å². The van der Waals surface area contributed by atoms with Crippen molar-refractivity contribution < 1.29 is 0 Å². The highest BCUT2D eigenvalue weighted by Gasteiger charge is 2.12. The maximum absolute atomic E-state index is 5.84. The van der Waals surface area contributed by atoms with E-state index >= 15 is 0 Å².